The van der Waals surface area contributed by atoms with Crippen LogP contribution >= 0.6 is 0 Å². The van der Waals surface area contributed by atoms with Crippen molar-refractivity contribution in [2.45, 2.75) is 26.2 Å². The molecule has 23 heavy (non-hydrogen) atoms. The van der Waals surface area contributed by atoms with Crippen molar-refractivity contribution in [2.24, 2.45) is 11.3 Å². The van der Waals surface area contributed by atoms with Crippen LogP contribution in [0.3, 0.4) is 0 Å². The summed E-state index contributed by atoms with van der Waals surface area (Å²) in [6, 6.07) is 1.66. The minimum Gasteiger partial charge on any atom is -0.481 e. The van der Waals surface area contributed by atoms with E-state index >= 15 is 0 Å². The quantitative estimate of drug-likeness (QED) is 0.902. The summed E-state index contributed by atoms with van der Waals surface area (Å²) in [6.45, 7) is 5.99. The number of rotatable bonds is 3. The molecule has 1 N–H and O–H groups in total. The summed E-state index contributed by atoms with van der Waals surface area (Å²) in [5.41, 5.74) is -0.603. The molecule has 1 aromatic rings. The number of piperidine rings is 1. The molecule has 0 bridgehead atoms. The molecule has 0 aromatic carbocycles. The monoisotopic (exact) mass is 321 g/mol. The second-order valence-electron chi connectivity index (χ2n) is 7.14. The van der Waals surface area contributed by atoms with Gasteiger partial charge in [-0.3, -0.25) is 9.59 Å². The maximum absolute atomic E-state index is 12.7. The molecule has 1 aromatic heterocycles. The Kier molecular flexibility index (Phi) is 3.91. The predicted octanol–water partition coefficient (Wildman–Crippen LogP) is 1.28. The maximum Gasteiger partial charge on any atom is 0.313 e. The van der Waals surface area contributed by atoms with Crippen LogP contribution in [0.1, 0.15) is 42.4 Å². The summed E-state index contributed by atoms with van der Waals surface area (Å²) >= 11 is 0. The van der Waals surface area contributed by atoms with Crippen LogP contribution in [0.5, 0.6) is 0 Å². The number of carbonyl (C=O) groups excluding carboxylic acids is 1. The van der Waals surface area contributed by atoms with E-state index in [0.717, 1.165) is 13.0 Å². The molecular weight excluding hydrogens is 298 g/mol. The highest BCUT2D eigenvalue weighted by Crippen LogP contribution is 2.42. The fraction of sp³-hybridized carbons (Fsp3) is 0.688. The number of carboxylic acids is 1. The third-order valence-electron chi connectivity index (χ3n) is 5.14. The second-order valence-corrected chi connectivity index (χ2v) is 7.14. The second kappa shape index (κ2) is 5.63. The standard InChI is InChI=1S/C16H23N3O4/c1-10(2)13-6-12(17-23-13)14(20)19-7-11-4-5-18(3)8-16(11,9-19)15(21)22/h6,10-11H,4-5,7-9H2,1-3H3,(H,21,22)/t11-,16-/m1/s1. The molecule has 2 aliphatic rings. The molecule has 7 heteroatoms. The van der Waals surface area contributed by atoms with Crippen molar-refractivity contribution in [2.75, 3.05) is 33.2 Å². The summed E-state index contributed by atoms with van der Waals surface area (Å²) in [7, 11) is 1.93. The van der Waals surface area contributed by atoms with Gasteiger partial charge >= 0.3 is 5.97 Å². The van der Waals surface area contributed by atoms with Gasteiger partial charge in [0.25, 0.3) is 5.91 Å². The van der Waals surface area contributed by atoms with Crippen LogP contribution in [-0.4, -0.2) is 65.2 Å². The molecule has 0 spiro atoms. The van der Waals surface area contributed by atoms with E-state index in [0.29, 0.717) is 18.8 Å². The van der Waals surface area contributed by atoms with Gasteiger partial charge in [-0.15, -0.1) is 0 Å². The van der Waals surface area contributed by atoms with E-state index in [4.69, 9.17) is 4.52 Å². The molecule has 1 amide bonds. The van der Waals surface area contributed by atoms with Gasteiger partial charge in [-0.05, 0) is 25.9 Å². The molecule has 3 rings (SSSR count). The van der Waals surface area contributed by atoms with Gasteiger partial charge < -0.3 is 19.4 Å². The number of carboxylic acid groups (broad SMARTS) is 1. The first-order valence-electron chi connectivity index (χ1n) is 8.01. The summed E-state index contributed by atoms with van der Waals surface area (Å²) in [5, 5.41) is 13.6. The molecule has 0 saturated carbocycles. The number of fused-ring (bicyclic) bond motifs is 1. The molecule has 0 radical (unpaired) electrons. The van der Waals surface area contributed by atoms with Crippen molar-refractivity contribution < 1.29 is 19.2 Å². The van der Waals surface area contributed by atoms with E-state index in [1.54, 1.807) is 11.0 Å². The number of nitrogens with zero attached hydrogens (tertiary/aromatic N) is 3. The van der Waals surface area contributed by atoms with Crippen LogP contribution in [0.15, 0.2) is 10.6 Å². The number of carbonyl (C=O) groups is 2. The first kappa shape index (κ1) is 16.0. The Labute approximate surface area is 135 Å². The van der Waals surface area contributed by atoms with Gasteiger partial charge in [0, 0.05) is 31.6 Å². The van der Waals surface area contributed by atoms with E-state index in [9.17, 15) is 14.7 Å². The Hall–Kier alpha value is -1.89. The minimum atomic E-state index is -0.868. The van der Waals surface area contributed by atoms with Crippen molar-refractivity contribution in [3.05, 3.63) is 17.5 Å². The van der Waals surface area contributed by atoms with Gasteiger partial charge in [0.15, 0.2) is 5.69 Å². The van der Waals surface area contributed by atoms with Crippen LogP contribution in [0.25, 0.3) is 0 Å². The molecule has 2 fully saturated rings. The molecule has 3 heterocycles. The number of aromatic nitrogens is 1. The zero-order chi connectivity index (χ0) is 16.8. The average Bonchev–Trinajstić information content (AvgIpc) is 3.11. The van der Waals surface area contributed by atoms with Crippen LogP contribution in [0.2, 0.25) is 0 Å². The summed E-state index contributed by atoms with van der Waals surface area (Å²) in [5.74, 6) is -0.232. The number of aliphatic carboxylic acids is 1. The fourth-order valence-electron chi connectivity index (χ4n) is 3.75. The van der Waals surface area contributed by atoms with E-state index in [2.05, 4.69) is 5.16 Å². The highest BCUT2D eigenvalue weighted by molar-refractivity contribution is 5.93. The van der Waals surface area contributed by atoms with Gasteiger partial charge in [0.05, 0.1) is 0 Å². The van der Waals surface area contributed by atoms with E-state index in [1.807, 2.05) is 25.8 Å². The Balaban J connectivity index is 1.82. The Morgan fingerprint density at radius 2 is 2.17 bits per heavy atom. The molecular formula is C16H23N3O4. The van der Waals surface area contributed by atoms with Crippen molar-refractivity contribution in [3.8, 4) is 0 Å². The zero-order valence-electron chi connectivity index (χ0n) is 13.8. The Morgan fingerprint density at radius 1 is 1.43 bits per heavy atom. The van der Waals surface area contributed by atoms with Crippen LogP contribution in [0.4, 0.5) is 0 Å². The molecule has 0 unspecified atom stereocenters. The van der Waals surface area contributed by atoms with Crippen molar-refractivity contribution in [1.82, 2.24) is 15.0 Å². The topological polar surface area (TPSA) is 86.9 Å². The molecule has 0 aliphatic carbocycles. The van der Waals surface area contributed by atoms with Crippen LogP contribution in [0, 0.1) is 11.3 Å². The third kappa shape index (κ3) is 2.63. The van der Waals surface area contributed by atoms with E-state index in [1.165, 1.54) is 0 Å². The molecule has 2 atom stereocenters. The number of likely N-dealkylation sites (tertiary alicyclic amines) is 2. The lowest BCUT2D eigenvalue weighted by atomic mass is 9.73. The first-order valence-corrected chi connectivity index (χ1v) is 8.01. The smallest absolute Gasteiger partial charge is 0.313 e. The maximum atomic E-state index is 12.7. The fourth-order valence-corrected chi connectivity index (χ4v) is 3.75. The lowest BCUT2D eigenvalue weighted by Gasteiger charge is -2.39. The Bertz CT molecular complexity index is 627. The summed E-state index contributed by atoms with van der Waals surface area (Å²) in [4.78, 5) is 28.2. The predicted molar refractivity (Wildman–Crippen MR) is 82.2 cm³/mol. The minimum absolute atomic E-state index is 0.00313. The number of hydrogen-bond acceptors (Lipinski definition) is 5. The molecule has 7 nitrogen and oxygen atoms in total. The van der Waals surface area contributed by atoms with Gasteiger partial charge in [-0.1, -0.05) is 19.0 Å². The van der Waals surface area contributed by atoms with E-state index < -0.39 is 11.4 Å². The Morgan fingerprint density at radius 3 is 2.78 bits per heavy atom. The number of hydrogen-bond donors (Lipinski definition) is 1. The normalized spacial score (nSPS) is 28.2. The van der Waals surface area contributed by atoms with Crippen molar-refractivity contribution in [3.63, 3.8) is 0 Å². The third-order valence-corrected chi connectivity index (χ3v) is 5.14. The average molecular weight is 321 g/mol. The SMILES string of the molecule is CC(C)c1cc(C(=O)N2C[C@H]3CCN(C)C[C@@]3(C(=O)O)C2)no1. The highest BCUT2D eigenvalue weighted by Gasteiger charge is 2.55. The van der Waals surface area contributed by atoms with Gasteiger partial charge in [-0.25, -0.2) is 0 Å². The zero-order valence-corrected chi connectivity index (χ0v) is 13.8. The van der Waals surface area contributed by atoms with Gasteiger partial charge in [-0.2, -0.15) is 0 Å². The summed E-state index contributed by atoms with van der Waals surface area (Å²) in [6.07, 6.45) is 0.794. The molecule has 126 valence electrons. The molecule has 2 saturated heterocycles. The van der Waals surface area contributed by atoms with Gasteiger partial charge in [0.2, 0.25) is 0 Å². The van der Waals surface area contributed by atoms with Crippen molar-refractivity contribution >= 4 is 11.9 Å². The largest absolute Gasteiger partial charge is 0.481 e. The highest BCUT2D eigenvalue weighted by atomic mass is 16.5. The number of amides is 1. The lowest BCUT2D eigenvalue weighted by molar-refractivity contribution is -0.153. The van der Waals surface area contributed by atoms with Crippen molar-refractivity contribution in [1.29, 1.82) is 0 Å². The van der Waals surface area contributed by atoms with E-state index in [-0.39, 0.29) is 30.0 Å². The lowest BCUT2D eigenvalue weighted by Crippen LogP contribution is -2.52. The van der Waals surface area contributed by atoms with Gasteiger partial charge in [0.1, 0.15) is 11.2 Å². The van der Waals surface area contributed by atoms with Crippen LogP contribution in [-0.2, 0) is 4.79 Å². The molecule has 2 aliphatic heterocycles. The van der Waals surface area contributed by atoms with Crippen LogP contribution < -0.4 is 0 Å². The first-order chi connectivity index (χ1) is 10.8. The summed E-state index contributed by atoms with van der Waals surface area (Å²) < 4.78 is 5.19.